The van der Waals surface area contributed by atoms with E-state index in [-0.39, 0.29) is 6.61 Å². The molecule has 0 fully saturated rings. The number of aliphatic hydroxyl groups excluding tert-OH is 1. The minimum atomic E-state index is 0.0910. The highest BCUT2D eigenvalue weighted by atomic mass is 16.5. The molecular formula is C12H27NO5. The highest BCUT2D eigenvalue weighted by molar-refractivity contribution is 4.46. The van der Waals surface area contributed by atoms with Gasteiger partial charge in [0.15, 0.2) is 0 Å². The Morgan fingerprint density at radius 1 is 0.778 bits per heavy atom. The van der Waals surface area contributed by atoms with Crippen molar-refractivity contribution in [2.24, 2.45) is 0 Å². The molecule has 0 bridgehead atoms. The number of hydrogen-bond acceptors (Lipinski definition) is 6. The zero-order chi connectivity index (χ0) is 13.3. The Morgan fingerprint density at radius 3 is 2.17 bits per heavy atom. The van der Waals surface area contributed by atoms with E-state index in [2.05, 4.69) is 5.32 Å². The molecule has 0 rings (SSSR count). The number of ether oxygens (including phenoxy) is 4. The molecule has 0 aromatic carbocycles. The summed E-state index contributed by atoms with van der Waals surface area (Å²) in [5.74, 6) is 0. The van der Waals surface area contributed by atoms with Gasteiger partial charge >= 0.3 is 0 Å². The molecule has 2 N–H and O–H groups in total. The van der Waals surface area contributed by atoms with Crippen LogP contribution in [0.2, 0.25) is 0 Å². The zero-order valence-corrected chi connectivity index (χ0v) is 11.4. The molecule has 110 valence electrons. The molecule has 0 aromatic heterocycles. The van der Waals surface area contributed by atoms with Gasteiger partial charge in [-0.3, -0.25) is 0 Å². The van der Waals surface area contributed by atoms with Crippen molar-refractivity contribution in [1.29, 1.82) is 0 Å². The molecule has 18 heavy (non-hydrogen) atoms. The lowest BCUT2D eigenvalue weighted by atomic mass is 10.4. The summed E-state index contributed by atoms with van der Waals surface area (Å²) in [6.45, 7) is 6.08. The van der Waals surface area contributed by atoms with Crippen LogP contribution in [0.3, 0.4) is 0 Å². The van der Waals surface area contributed by atoms with E-state index in [0.717, 1.165) is 19.5 Å². The Kier molecular flexibility index (Phi) is 16.5. The fraction of sp³-hybridized carbons (Fsp3) is 1.00. The van der Waals surface area contributed by atoms with Gasteiger partial charge in [0.2, 0.25) is 0 Å². The molecule has 0 saturated carbocycles. The van der Waals surface area contributed by atoms with Gasteiger partial charge in [-0.15, -0.1) is 0 Å². The summed E-state index contributed by atoms with van der Waals surface area (Å²) >= 11 is 0. The SMILES string of the molecule is COCCOCCOCCNCCCOCCO. The minimum Gasteiger partial charge on any atom is -0.394 e. The number of methoxy groups -OCH3 is 1. The van der Waals surface area contributed by atoms with E-state index < -0.39 is 0 Å². The van der Waals surface area contributed by atoms with Gasteiger partial charge in [-0.2, -0.15) is 0 Å². The van der Waals surface area contributed by atoms with Crippen molar-refractivity contribution in [2.45, 2.75) is 6.42 Å². The first-order valence-corrected chi connectivity index (χ1v) is 6.45. The molecule has 0 aliphatic carbocycles. The molecule has 0 aliphatic heterocycles. The molecule has 0 radical (unpaired) electrons. The average molecular weight is 265 g/mol. The molecule has 0 aliphatic rings. The summed E-state index contributed by atoms with van der Waals surface area (Å²) in [6.07, 6.45) is 0.945. The van der Waals surface area contributed by atoms with Crippen LogP contribution in [0.1, 0.15) is 6.42 Å². The first-order valence-electron chi connectivity index (χ1n) is 6.45. The lowest BCUT2D eigenvalue weighted by molar-refractivity contribution is 0.0255. The summed E-state index contributed by atoms with van der Waals surface area (Å²) < 4.78 is 20.6. The smallest absolute Gasteiger partial charge is 0.0701 e. The molecule has 0 atom stereocenters. The normalized spacial score (nSPS) is 11.0. The Labute approximate surface area is 110 Å². The van der Waals surface area contributed by atoms with Gasteiger partial charge in [0.25, 0.3) is 0 Å². The molecule has 0 spiro atoms. The van der Waals surface area contributed by atoms with Gasteiger partial charge in [0, 0.05) is 20.3 Å². The van der Waals surface area contributed by atoms with Gasteiger partial charge in [0.05, 0.1) is 46.2 Å². The number of aliphatic hydroxyl groups is 1. The molecule has 0 amide bonds. The van der Waals surface area contributed by atoms with Crippen LogP contribution >= 0.6 is 0 Å². The lowest BCUT2D eigenvalue weighted by Gasteiger charge is -2.07. The fourth-order valence-corrected chi connectivity index (χ4v) is 1.20. The Bertz CT molecular complexity index is 132. The van der Waals surface area contributed by atoms with Gasteiger partial charge in [-0.05, 0) is 13.0 Å². The summed E-state index contributed by atoms with van der Waals surface area (Å²) in [7, 11) is 1.65. The van der Waals surface area contributed by atoms with Crippen molar-refractivity contribution < 1.29 is 24.1 Å². The van der Waals surface area contributed by atoms with Crippen molar-refractivity contribution in [3.8, 4) is 0 Å². The monoisotopic (exact) mass is 265 g/mol. The second-order valence-corrected chi connectivity index (χ2v) is 3.66. The van der Waals surface area contributed by atoms with Crippen LogP contribution in [0.4, 0.5) is 0 Å². The van der Waals surface area contributed by atoms with Gasteiger partial charge in [-0.25, -0.2) is 0 Å². The van der Waals surface area contributed by atoms with Crippen LogP contribution in [0.5, 0.6) is 0 Å². The molecule has 6 heteroatoms. The Balaban J connectivity index is 2.86. The van der Waals surface area contributed by atoms with E-state index in [1.807, 2.05) is 0 Å². The molecule has 0 heterocycles. The predicted octanol–water partition coefficient (Wildman–Crippen LogP) is -0.345. The van der Waals surface area contributed by atoms with Crippen molar-refractivity contribution in [3.63, 3.8) is 0 Å². The van der Waals surface area contributed by atoms with E-state index in [4.69, 9.17) is 24.1 Å². The van der Waals surface area contributed by atoms with Crippen molar-refractivity contribution >= 4 is 0 Å². The summed E-state index contributed by atoms with van der Waals surface area (Å²) in [6, 6.07) is 0. The van der Waals surface area contributed by atoms with Crippen LogP contribution < -0.4 is 5.32 Å². The largest absolute Gasteiger partial charge is 0.394 e. The third-order valence-corrected chi connectivity index (χ3v) is 2.10. The Hall–Kier alpha value is -0.240. The lowest BCUT2D eigenvalue weighted by Crippen LogP contribution is -2.22. The maximum atomic E-state index is 8.48. The van der Waals surface area contributed by atoms with E-state index in [9.17, 15) is 0 Å². The standard InChI is InChI=1S/C12H27NO5/c1-15-9-10-18-12-11-17-7-4-13-3-2-6-16-8-5-14/h13-14H,2-12H2,1H3. The van der Waals surface area contributed by atoms with Gasteiger partial charge in [0.1, 0.15) is 0 Å². The summed E-state index contributed by atoms with van der Waals surface area (Å²) in [5, 5.41) is 11.7. The van der Waals surface area contributed by atoms with E-state index >= 15 is 0 Å². The molecular weight excluding hydrogens is 238 g/mol. The minimum absolute atomic E-state index is 0.0910. The molecule has 0 aromatic rings. The highest BCUT2D eigenvalue weighted by Crippen LogP contribution is 1.81. The van der Waals surface area contributed by atoms with Crippen LogP contribution in [0.15, 0.2) is 0 Å². The van der Waals surface area contributed by atoms with Crippen molar-refractivity contribution in [3.05, 3.63) is 0 Å². The maximum Gasteiger partial charge on any atom is 0.0701 e. The molecule has 0 unspecified atom stereocenters. The van der Waals surface area contributed by atoms with Crippen LogP contribution in [-0.4, -0.2) is 78.2 Å². The average Bonchev–Trinajstić information content (AvgIpc) is 2.39. The second-order valence-electron chi connectivity index (χ2n) is 3.66. The van der Waals surface area contributed by atoms with E-state index in [0.29, 0.717) is 46.2 Å². The summed E-state index contributed by atoms with van der Waals surface area (Å²) in [4.78, 5) is 0. The van der Waals surface area contributed by atoms with Gasteiger partial charge < -0.3 is 29.4 Å². The fourth-order valence-electron chi connectivity index (χ4n) is 1.20. The first kappa shape index (κ1) is 17.8. The zero-order valence-electron chi connectivity index (χ0n) is 11.4. The first-order chi connectivity index (χ1) is 8.91. The van der Waals surface area contributed by atoms with Gasteiger partial charge in [-0.1, -0.05) is 0 Å². The van der Waals surface area contributed by atoms with E-state index in [1.54, 1.807) is 7.11 Å². The number of rotatable bonds is 15. The number of hydrogen-bond donors (Lipinski definition) is 2. The van der Waals surface area contributed by atoms with Crippen molar-refractivity contribution in [1.82, 2.24) is 5.32 Å². The quantitative estimate of drug-likeness (QED) is 0.395. The predicted molar refractivity (Wildman–Crippen MR) is 68.9 cm³/mol. The third-order valence-electron chi connectivity index (χ3n) is 2.10. The second kappa shape index (κ2) is 16.8. The highest BCUT2D eigenvalue weighted by Gasteiger charge is 1.91. The topological polar surface area (TPSA) is 69.2 Å². The van der Waals surface area contributed by atoms with Crippen LogP contribution in [0, 0.1) is 0 Å². The summed E-state index contributed by atoms with van der Waals surface area (Å²) in [5.41, 5.74) is 0. The third kappa shape index (κ3) is 15.8. The molecule has 0 saturated heterocycles. The number of nitrogens with one attached hydrogen (secondary N) is 1. The maximum absolute atomic E-state index is 8.48. The van der Waals surface area contributed by atoms with Crippen LogP contribution in [0.25, 0.3) is 0 Å². The van der Waals surface area contributed by atoms with E-state index in [1.165, 1.54) is 0 Å². The Morgan fingerprint density at radius 2 is 1.44 bits per heavy atom. The van der Waals surface area contributed by atoms with Crippen molar-refractivity contribution in [2.75, 3.05) is 73.1 Å². The molecule has 6 nitrogen and oxygen atoms in total. The van der Waals surface area contributed by atoms with Crippen LogP contribution in [-0.2, 0) is 18.9 Å².